The molecule has 26 heavy (non-hydrogen) atoms. The van der Waals surface area contributed by atoms with E-state index in [-0.39, 0.29) is 24.0 Å². The molecule has 2 aromatic carbocycles. The predicted molar refractivity (Wildman–Crippen MR) is 118 cm³/mol. The van der Waals surface area contributed by atoms with Gasteiger partial charge in [0.15, 0.2) is 5.96 Å². The van der Waals surface area contributed by atoms with Crippen LogP contribution in [0, 0.1) is 13.8 Å². The Labute approximate surface area is 170 Å². The maximum Gasteiger partial charge on any atom is 0.193 e. The summed E-state index contributed by atoms with van der Waals surface area (Å²) < 4.78 is 2.32. The highest BCUT2D eigenvalue weighted by molar-refractivity contribution is 14.0. The van der Waals surface area contributed by atoms with E-state index in [1.165, 1.54) is 29.5 Å². The van der Waals surface area contributed by atoms with Gasteiger partial charge in [-0.2, -0.15) is 0 Å². The maximum absolute atomic E-state index is 6.09. The Kier molecular flexibility index (Phi) is 5.50. The zero-order valence-electron chi connectivity index (χ0n) is 15.1. The fraction of sp³-hybridized carbons (Fsp3) is 0.300. The van der Waals surface area contributed by atoms with Crippen molar-refractivity contribution >= 4 is 46.7 Å². The number of fused-ring (bicyclic) bond motifs is 1. The standard InChI is InChI=1S/C20H23N5.HI/c1-13-9-14(2)11-15(10-13)23-20(21)22-12-19-24-17-5-3-4-6-18(17)25(19)16-7-8-16;/h3-6,9-11,16H,7-8,12H2,1-2H3,(H3,21,22,23);1H. The number of benzene rings is 2. The molecule has 0 amide bonds. The number of guanidine groups is 1. The average molecular weight is 461 g/mol. The highest BCUT2D eigenvalue weighted by Crippen LogP contribution is 2.38. The average Bonchev–Trinajstić information content (AvgIpc) is 3.32. The van der Waals surface area contributed by atoms with E-state index < -0.39 is 0 Å². The second-order valence-corrected chi connectivity index (χ2v) is 6.82. The van der Waals surface area contributed by atoms with Crippen molar-refractivity contribution in [3.05, 3.63) is 59.4 Å². The monoisotopic (exact) mass is 461 g/mol. The van der Waals surface area contributed by atoms with Crippen molar-refractivity contribution in [1.82, 2.24) is 9.55 Å². The van der Waals surface area contributed by atoms with Crippen LogP contribution < -0.4 is 11.1 Å². The molecule has 5 nitrogen and oxygen atoms in total. The molecule has 0 saturated heterocycles. The summed E-state index contributed by atoms with van der Waals surface area (Å²) in [6.07, 6.45) is 2.43. The summed E-state index contributed by atoms with van der Waals surface area (Å²) in [5.41, 5.74) is 11.7. The lowest BCUT2D eigenvalue weighted by Crippen LogP contribution is -2.23. The van der Waals surface area contributed by atoms with Crippen molar-refractivity contribution in [2.75, 3.05) is 5.32 Å². The van der Waals surface area contributed by atoms with E-state index in [0.29, 0.717) is 18.5 Å². The second-order valence-electron chi connectivity index (χ2n) is 6.82. The first-order valence-corrected chi connectivity index (χ1v) is 8.71. The molecule has 1 aliphatic carbocycles. The second kappa shape index (κ2) is 7.65. The molecule has 0 spiro atoms. The number of nitrogens with zero attached hydrogens (tertiary/aromatic N) is 3. The number of halogens is 1. The lowest BCUT2D eigenvalue weighted by Gasteiger charge is -2.09. The van der Waals surface area contributed by atoms with Crippen LogP contribution in [0.4, 0.5) is 5.69 Å². The molecule has 6 heteroatoms. The molecular weight excluding hydrogens is 437 g/mol. The summed E-state index contributed by atoms with van der Waals surface area (Å²) >= 11 is 0. The molecule has 3 aromatic rings. The van der Waals surface area contributed by atoms with Crippen LogP contribution >= 0.6 is 24.0 Å². The van der Waals surface area contributed by atoms with E-state index in [0.717, 1.165) is 17.0 Å². The molecule has 1 aliphatic rings. The smallest absolute Gasteiger partial charge is 0.193 e. The Morgan fingerprint density at radius 1 is 1.19 bits per heavy atom. The number of para-hydroxylation sites is 2. The van der Waals surface area contributed by atoms with Crippen LogP contribution in [0.3, 0.4) is 0 Å². The van der Waals surface area contributed by atoms with Crippen molar-refractivity contribution in [3.63, 3.8) is 0 Å². The third-order valence-corrected chi connectivity index (χ3v) is 4.47. The number of hydrogen-bond acceptors (Lipinski definition) is 2. The van der Waals surface area contributed by atoms with Gasteiger partial charge < -0.3 is 15.6 Å². The number of rotatable bonds is 4. The topological polar surface area (TPSA) is 68.2 Å². The van der Waals surface area contributed by atoms with Crippen LogP contribution in [0.5, 0.6) is 0 Å². The molecule has 1 fully saturated rings. The first kappa shape index (κ1) is 18.7. The van der Waals surface area contributed by atoms with Crippen LogP contribution in [-0.4, -0.2) is 15.5 Å². The molecule has 0 aliphatic heterocycles. The minimum Gasteiger partial charge on any atom is -0.370 e. The SMILES string of the molecule is Cc1cc(C)cc(NC(N)=NCc2nc3ccccc3n2C2CC2)c1.I. The van der Waals surface area contributed by atoms with Crippen LogP contribution in [0.1, 0.15) is 35.8 Å². The largest absolute Gasteiger partial charge is 0.370 e. The van der Waals surface area contributed by atoms with Crippen LogP contribution in [-0.2, 0) is 6.54 Å². The van der Waals surface area contributed by atoms with E-state index >= 15 is 0 Å². The van der Waals surface area contributed by atoms with Gasteiger partial charge in [0.25, 0.3) is 0 Å². The fourth-order valence-corrected chi connectivity index (χ4v) is 3.34. The number of hydrogen-bond donors (Lipinski definition) is 2. The quantitative estimate of drug-likeness (QED) is 0.341. The summed E-state index contributed by atoms with van der Waals surface area (Å²) in [5, 5.41) is 3.18. The first-order chi connectivity index (χ1) is 12.1. The van der Waals surface area contributed by atoms with E-state index in [4.69, 9.17) is 10.7 Å². The Morgan fingerprint density at radius 2 is 1.88 bits per heavy atom. The Morgan fingerprint density at radius 3 is 2.58 bits per heavy atom. The summed E-state index contributed by atoms with van der Waals surface area (Å²) in [6.45, 7) is 4.63. The summed E-state index contributed by atoms with van der Waals surface area (Å²) in [5.74, 6) is 1.40. The molecule has 1 aromatic heterocycles. The van der Waals surface area contributed by atoms with E-state index in [1.807, 2.05) is 6.07 Å². The number of imidazole rings is 1. The fourth-order valence-electron chi connectivity index (χ4n) is 3.34. The highest BCUT2D eigenvalue weighted by atomic mass is 127. The minimum atomic E-state index is 0. The van der Waals surface area contributed by atoms with Gasteiger partial charge in [-0.1, -0.05) is 18.2 Å². The number of anilines is 1. The van der Waals surface area contributed by atoms with Gasteiger partial charge in [0.05, 0.1) is 11.0 Å². The van der Waals surface area contributed by atoms with Gasteiger partial charge in [0.1, 0.15) is 12.4 Å². The Balaban J connectivity index is 0.00000196. The molecule has 0 atom stereocenters. The highest BCUT2D eigenvalue weighted by Gasteiger charge is 2.27. The number of aliphatic imine (C=N–C) groups is 1. The van der Waals surface area contributed by atoms with E-state index in [9.17, 15) is 0 Å². The number of aromatic nitrogens is 2. The summed E-state index contributed by atoms with van der Waals surface area (Å²) in [7, 11) is 0. The molecule has 4 rings (SSSR count). The Bertz CT molecular complexity index is 936. The molecule has 136 valence electrons. The third kappa shape index (κ3) is 4.00. The Hall–Kier alpha value is -2.09. The van der Waals surface area contributed by atoms with Crippen LogP contribution in [0.25, 0.3) is 11.0 Å². The predicted octanol–water partition coefficient (Wildman–Crippen LogP) is 4.53. The van der Waals surface area contributed by atoms with Gasteiger partial charge in [-0.3, -0.25) is 0 Å². The van der Waals surface area contributed by atoms with Crippen molar-refractivity contribution in [2.45, 2.75) is 39.3 Å². The molecule has 0 unspecified atom stereocenters. The lowest BCUT2D eigenvalue weighted by atomic mass is 10.1. The number of nitrogens with two attached hydrogens (primary N) is 1. The van der Waals surface area contributed by atoms with Crippen molar-refractivity contribution < 1.29 is 0 Å². The minimum absolute atomic E-state index is 0. The van der Waals surface area contributed by atoms with Gasteiger partial charge in [-0.05, 0) is 62.1 Å². The molecule has 1 heterocycles. The van der Waals surface area contributed by atoms with Gasteiger partial charge in [-0.15, -0.1) is 24.0 Å². The van der Waals surface area contributed by atoms with Crippen LogP contribution in [0.2, 0.25) is 0 Å². The normalized spacial score (nSPS) is 14.3. The number of aryl methyl sites for hydroxylation is 2. The zero-order chi connectivity index (χ0) is 17.4. The van der Waals surface area contributed by atoms with Gasteiger partial charge in [-0.25, -0.2) is 9.98 Å². The van der Waals surface area contributed by atoms with Gasteiger partial charge >= 0.3 is 0 Å². The van der Waals surface area contributed by atoms with E-state index in [1.54, 1.807) is 0 Å². The third-order valence-electron chi connectivity index (χ3n) is 4.47. The molecule has 3 N–H and O–H groups in total. The van der Waals surface area contributed by atoms with Gasteiger partial charge in [0.2, 0.25) is 0 Å². The zero-order valence-corrected chi connectivity index (χ0v) is 17.4. The van der Waals surface area contributed by atoms with E-state index in [2.05, 4.69) is 65.1 Å². The van der Waals surface area contributed by atoms with Gasteiger partial charge in [0, 0.05) is 11.7 Å². The molecule has 1 saturated carbocycles. The lowest BCUT2D eigenvalue weighted by molar-refractivity contribution is 0.702. The maximum atomic E-state index is 6.09. The summed E-state index contributed by atoms with van der Waals surface area (Å²) in [4.78, 5) is 9.27. The van der Waals surface area contributed by atoms with Crippen molar-refractivity contribution in [2.24, 2.45) is 10.7 Å². The molecule has 0 bridgehead atoms. The van der Waals surface area contributed by atoms with Crippen molar-refractivity contribution in [3.8, 4) is 0 Å². The van der Waals surface area contributed by atoms with Crippen LogP contribution in [0.15, 0.2) is 47.5 Å². The molecule has 0 radical (unpaired) electrons. The molecular formula is C20H24IN5. The summed E-state index contributed by atoms with van der Waals surface area (Å²) in [6, 6.07) is 15.1. The number of nitrogens with one attached hydrogen (secondary N) is 1. The van der Waals surface area contributed by atoms with Crippen molar-refractivity contribution in [1.29, 1.82) is 0 Å². The first-order valence-electron chi connectivity index (χ1n) is 8.71.